The van der Waals surface area contributed by atoms with Crippen molar-refractivity contribution in [3.05, 3.63) is 51.3 Å². The van der Waals surface area contributed by atoms with Gasteiger partial charge in [0.25, 0.3) is 5.69 Å². The van der Waals surface area contributed by atoms with Crippen LogP contribution in [0.15, 0.2) is 24.4 Å². The lowest BCUT2D eigenvalue weighted by molar-refractivity contribution is -0.385. The van der Waals surface area contributed by atoms with Crippen LogP contribution in [-0.4, -0.2) is 37.5 Å². The predicted molar refractivity (Wildman–Crippen MR) is 72.7 cm³/mol. The second kappa shape index (κ2) is 5.71. The van der Waals surface area contributed by atoms with Gasteiger partial charge in [-0.15, -0.1) is 0 Å². The van der Waals surface area contributed by atoms with Crippen molar-refractivity contribution in [2.24, 2.45) is 0 Å². The molecular formula is C13H13N3O5. The van der Waals surface area contributed by atoms with Crippen LogP contribution in [0.4, 0.5) is 5.69 Å². The molecule has 2 N–H and O–H groups in total. The highest BCUT2D eigenvalue weighted by Crippen LogP contribution is 2.22. The minimum Gasteiger partial charge on any atom is -0.476 e. The van der Waals surface area contributed by atoms with Gasteiger partial charge in [0.1, 0.15) is 0 Å². The summed E-state index contributed by atoms with van der Waals surface area (Å²) >= 11 is 0. The molecule has 0 aliphatic carbocycles. The molecule has 0 saturated heterocycles. The fraction of sp³-hybridized carbons (Fsp3) is 0.231. The molecule has 0 aliphatic rings. The molecule has 0 aliphatic heterocycles. The molecule has 110 valence electrons. The normalized spacial score (nSPS) is 10.6. The van der Waals surface area contributed by atoms with E-state index in [0.29, 0.717) is 16.8 Å². The third-order valence-electron chi connectivity index (χ3n) is 3.03. The Labute approximate surface area is 119 Å². The number of benzene rings is 1. The molecular weight excluding hydrogens is 278 g/mol. The maximum Gasteiger partial charge on any atom is 0.356 e. The van der Waals surface area contributed by atoms with Gasteiger partial charge < -0.3 is 10.2 Å². The van der Waals surface area contributed by atoms with Crippen LogP contribution in [-0.2, 0) is 6.42 Å². The maximum absolute atomic E-state index is 11.1. The molecule has 0 spiro atoms. The Balaban J connectivity index is 2.52. The summed E-state index contributed by atoms with van der Waals surface area (Å²) < 4.78 is 1.26. The number of carbonyl (C=O) groups is 1. The van der Waals surface area contributed by atoms with Crippen LogP contribution in [0.25, 0.3) is 5.69 Å². The molecule has 1 aromatic carbocycles. The molecule has 0 radical (unpaired) electrons. The van der Waals surface area contributed by atoms with E-state index >= 15 is 0 Å². The van der Waals surface area contributed by atoms with Crippen LogP contribution in [0.5, 0.6) is 0 Å². The van der Waals surface area contributed by atoms with E-state index in [1.807, 2.05) is 0 Å². The zero-order chi connectivity index (χ0) is 15.6. The van der Waals surface area contributed by atoms with Gasteiger partial charge in [-0.2, -0.15) is 5.10 Å². The maximum atomic E-state index is 11.1. The summed E-state index contributed by atoms with van der Waals surface area (Å²) in [7, 11) is 0. The van der Waals surface area contributed by atoms with Gasteiger partial charge in [0.2, 0.25) is 0 Å². The Morgan fingerprint density at radius 1 is 1.48 bits per heavy atom. The third-order valence-corrected chi connectivity index (χ3v) is 3.03. The minimum atomic E-state index is -1.21. The zero-order valence-electron chi connectivity index (χ0n) is 11.2. The van der Waals surface area contributed by atoms with Crippen molar-refractivity contribution in [3.8, 4) is 5.69 Å². The van der Waals surface area contributed by atoms with Crippen LogP contribution < -0.4 is 0 Å². The van der Waals surface area contributed by atoms with E-state index in [0.717, 1.165) is 0 Å². The zero-order valence-corrected chi connectivity index (χ0v) is 11.2. The van der Waals surface area contributed by atoms with Crippen LogP contribution in [0.3, 0.4) is 0 Å². The number of nitro groups is 1. The van der Waals surface area contributed by atoms with E-state index in [-0.39, 0.29) is 24.4 Å². The topological polar surface area (TPSA) is 118 Å². The number of aliphatic hydroxyl groups is 1. The largest absolute Gasteiger partial charge is 0.476 e. The smallest absolute Gasteiger partial charge is 0.356 e. The second-order valence-corrected chi connectivity index (χ2v) is 4.45. The second-order valence-electron chi connectivity index (χ2n) is 4.45. The predicted octanol–water partition coefficient (Wildman–Crippen LogP) is 1.32. The van der Waals surface area contributed by atoms with Gasteiger partial charge in [-0.3, -0.25) is 10.1 Å². The number of nitrogens with zero attached hydrogens (tertiary/aromatic N) is 3. The number of aliphatic hydroxyl groups excluding tert-OH is 1. The van der Waals surface area contributed by atoms with Crippen LogP contribution in [0.2, 0.25) is 0 Å². The van der Waals surface area contributed by atoms with Gasteiger partial charge in [-0.1, -0.05) is 6.07 Å². The van der Waals surface area contributed by atoms with Crippen molar-refractivity contribution in [2.45, 2.75) is 13.3 Å². The highest BCUT2D eigenvalue weighted by Gasteiger charge is 2.18. The lowest BCUT2D eigenvalue weighted by Gasteiger charge is -2.02. The van der Waals surface area contributed by atoms with Crippen LogP contribution in [0, 0.1) is 17.0 Å². The number of carboxylic acids is 1. The Morgan fingerprint density at radius 2 is 2.19 bits per heavy atom. The Bertz CT molecular complexity index is 708. The molecule has 0 fully saturated rings. The third kappa shape index (κ3) is 2.90. The monoisotopic (exact) mass is 291 g/mol. The summed E-state index contributed by atoms with van der Waals surface area (Å²) in [6.45, 7) is 1.41. The van der Waals surface area contributed by atoms with Gasteiger partial charge in [0, 0.05) is 30.0 Å². The van der Waals surface area contributed by atoms with Crippen LogP contribution in [0.1, 0.15) is 21.6 Å². The average Bonchev–Trinajstić information content (AvgIpc) is 2.83. The molecule has 0 amide bonds. The number of rotatable bonds is 5. The van der Waals surface area contributed by atoms with E-state index < -0.39 is 10.9 Å². The summed E-state index contributed by atoms with van der Waals surface area (Å²) in [5, 5.41) is 32.9. The first-order valence-corrected chi connectivity index (χ1v) is 6.12. The molecule has 0 saturated carbocycles. The molecule has 0 bridgehead atoms. The van der Waals surface area contributed by atoms with Crippen molar-refractivity contribution < 1.29 is 19.9 Å². The quantitative estimate of drug-likeness (QED) is 0.633. The first-order valence-electron chi connectivity index (χ1n) is 6.12. The number of carboxylic acid groups (broad SMARTS) is 1. The van der Waals surface area contributed by atoms with Gasteiger partial charge in [-0.05, 0) is 19.4 Å². The Hall–Kier alpha value is -2.74. The molecule has 2 rings (SSSR count). The molecule has 8 nitrogen and oxygen atoms in total. The molecule has 21 heavy (non-hydrogen) atoms. The highest BCUT2D eigenvalue weighted by atomic mass is 16.6. The first-order chi connectivity index (χ1) is 9.93. The molecule has 8 heteroatoms. The van der Waals surface area contributed by atoms with E-state index in [4.69, 9.17) is 10.2 Å². The van der Waals surface area contributed by atoms with E-state index in [9.17, 15) is 14.9 Å². The van der Waals surface area contributed by atoms with Crippen molar-refractivity contribution in [1.82, 2.24) is 9.78 Å². The van der Waals surface area contributed by atoms with Gasteiger partial charge in [0.05, 0.1) is 10.6 Å². The number of aryl methyl sites for hydroxylation is 1. The first kappa shape index (κ1) is 14.7. The molecule has 1 aromatic heterocycles. The molecule has 0 atom stereocenters. The number of nitro benzene ring substituents is 1. The van der Waals surface area contributed by atoms with Crippen molar-refractivity contribution in [2.75, 3.05) is 6.61 Å². The number of aromatic carboxylic acids is 1. The number of hydrogen-bond donors (Lipinski definition) is 2. The standard InChI is InChI=1S/C13H13N3O5/c1-8-2-3-10(6-11(8)16(20)21)15-7-9(4-5-17)12(14-15)13(18)19/h2-3,6-7,17H,4-5H2,1H3,(H,18,19). The van der Waals surface area contributed by atoms with Gasteiger partial charge in [0.15, 0.2) is 5.69 Å². The molecule has 2 aromatic rings. The van der Waals surface area contributed by atoms with E-state index in [1.165, 1.54) is 16.9 Å². The fourth-order valence-electron chi connectivity index (χ4n) is 1.96. The summed E-state index contributed by atoms with van der Waals surface area (Å²) in [5.74, 6) is -1.21. The Kier molecular flexibility index (Phi) is 3.99. The van der Waals surface area contributed by atoms with Gasteiger partial charge in [-0.25, -0.2) is 9.48 Å². The SMILES string of the molecule is Cc1ccc(-n2cc(CCO)c(C(=O)O)n2)cc1[N+](=O)[O-]. The number of hydrogen-bond acceptors (Lipinski definition) is 5. The summed E-state index contributed by atoms with van der Waals surface area (Å²) in [6, 6.07) is 4.52. The van der Waals surface area contributed by atoms with Crippen molar-refractivity contribution >= 4 is 11.7 Å². The number of aromatic nitrogens is 2. The highest BCUT2D eigenvalue weighted by molar-refractivity contribution is 5.87. The van der Waals surface area contributed by atoms with E-state index in [1.54, 1.807) is 19.1 Å². The average molecular weight is 291 g/mol. The lowest BCUT2D eigenvalue weighted by atomic mass is 10.2. The van der Waals surface area contributed by atoms with Gasteiger partial charge >= 0.3 is 5.97 Å². The fourth-order valence-corrected chi connectivity index (χ4v) is 1.96. The van der Waals surface area contributed by atoms with Crippen molar-refractivity contribution in [3.63, 3.8) is 0 Å². The lowest BCUT2D eigenvalue weighted by Crippen LogP contribution is -2.04. The summed E-state index contributed by atoms with van der Waals surface area (Å²) in [5.41, 5.74) is 1.02. The van der Waals surface area contributed by atoms with Crippen LogP contribution >= 0.6 is 0 Å². The molecule has 0 unspecified atom stereocenters. The Morgan fingerprint density at radius 3 is 2.76 bits per heavy atom. The van der Waals surface area contributed by atoms with E-state index in [2.05, 4.69) is 5.10 Å². The summed E-state index contributed by atoms with van der Waals surface area (Å²) in [6.07, 6.45) is 1.60. The van der Waals surface area contributed by atoms with Crippen molar-refractivity contribution in [1.29, 1.82) is 0 Å². The minimum absolute atomic E-state index is 0.0661. The molecule has 1 heterocycles. The summed E-state index contributed by atoms with van der Waals surface area (Å²) in [4.78, 5) is 21.5.